The van der Waals surface area contributed by atoms with Gasteiger partial charge in [-0.05, 0) is 34.9 Å². The van der Waals surface area contributed by atoms with Gasteiger partial charge in [0.05, 0.1) is 34.9 Å². The maximum Gasteiger partial charge on any atom is 0.301 e. The third kappa shape index (κ3) is 6.88. The van der Waals surface area contributed by atoms with E-state index in [1.165, 1.54) is 7.05 Å². The second-order valence-corrected chi connectivity index (χ2v) is 15.7. The Morgan fingerprint density at radius 1 is 0.828 bits per heavy atom. The fraction of sp³-hybridized carbons (Fsp3) is 0.182. The Labute approximate surface area is 335 Å². The van der Waals surface area contributed by atoms with E-state index in [2.05, 4.69) is 19.9 Å². The van der Waals surface area contributed by atoms with Gasteiger partial charge in [0.2, 0.25) is 5.78 Å². The lowest BCUT2D eigenvalue weighted by atomic mass is 9.76. The van der Waals surface area contributed by atoms with Crippen molar-refractivity contribution in [2.45, 2.75) is 12.5 Å². The van der Waals surface area contributed by atoms with Gasteiger partial charge in [0.1, 0.15) is 22.8 Å². The van der Waals surface area contributed by atoms with Crippen LogP contribution in [0.3, 0.4) is 0 Å². The number of carbonyl (C=O) groups excluding carboxylic acids is 1. The highest BCUT2D eigenvalue weighted by Gasteiger charge is 2.41. The van der Waals surface area contributed by atoms with Gasteiger partial charge in [0.25, 0.3) is 0 Å². The Morgan fingerprint density at radius 3 is 1.98 bits per heavy atom. The van der Waals surface area contributed by atoms with Gasteiger partial charge in [0.15, 0.2) is 5.82 Å². The lowest BCUT2D eigenvalue weighted by molar-refractivity contribution is 0.103. The van der Waals surface area contributed by atoms with Crippen molar-refractivity contribution in [3.63, 3.8) is 0 Å². The lowest BCUT2D eigenvalue weighted by Gasteiger charge is -2.38. The molecule has 4 heterocycles. The van der Waals surface area contributed by atoms with Gasteiger partial charge < -0.3 is 14.8 Å². The number of fused-ring (bicyclic) bond motifs is 1. The first-order valence-electron chi connectivity index (χ1n) is 18.9. The predicted octanol–water partition coefficient (Wildman–Crippen LogP) is 6.86. The van der Waals surface area contributed by atoms with E-state index in [0.29, 0.717) is 16.9 Å². The molecule has 0 amide bonds. The lowest BCUT2D eigenvalue weighted by Crippen LogP contribution is -2.43. The number of hydrogen-bond acceptors (Lipinski definition) is 8. The van der Waals surface area contributed by atoms with E-state index in [4.69, 9.17) is 9.97 Å². The molecule has 1 saturated heterocycles. The summed E-state index contributed by atoms with van der Waals surface area (Å²) in [6.07, 6.45) is 6.56. The molecule has 0 spiro atoms. The van der Waals surface area contributed by atoms with Crippen LogP contribution >= 0.6 is 0 Å². The minimum atomic E-state index is -4.22. The monoisotopic (exact) mass is 798 g/mol. The molecule has 0 bridgehead atoms. The number of carbonyl (C=O) groups is 1. The van der Waals surface area contributed by atoms with Crippen LogP contribution in [0.25, 0.3) is 22.3 Å². The van der Waals surface area contributed by atoms with E-state index >= 15 is 8.78 Å². The van der Waals surface area contributed by atoms with Crippen LogP contribution in [0.5, 0.6) is 0 Å². The molecular weight excluding hydrogens is 759 g/mol. The molecule has 1 aliphatic rings. The number of piperazine rings is 1. The van der Waals surface area contributed by atoms with Gasteiger partial charge in [-0.3, -0.25) is 14.5 Å². The summed E-state index contributed by atoms with van der Waals surface area (Å²) < 4.78 is 63.3. The minimum absolute atomic E-state index is 0.0644. The Morgan fingerprint density at radius 2 is 1.43 bits per heavy atom. The largest absolute Gasteiger partial charge is 0.353 e. The van der Waals surface area contributed by atoms with Crippen LogP contribution < -0.4 is 14.9 Å². The van der Waals surface area contributed by atoms with Gasteiger partial charge in [-0.15, -0.1) is 0 Å². The van der Waals surface area contributed by atoms with Crippen molar-refractivity contribution in [1.82, 2.24) is 29.1 Å². The standard InChI is InChI=1S/C44H40F2N8O3S/c1-3-52(2)58(56,57)51-37-20-19-36(45)40(41(37)46)42(55)35-29-54(43-34(35)25-30(26-50-43)38-27-49-39(28-48-38)53-23-21-47-22-24-53)44(31-13-7-4-8-14-31,32-15-9-5-10-16-32)33-17-11-6-12-18-33/h4-20,25-29,47,51H,3,21-24H2,1-2H3. The summed E-state index contributed by atoms with van der Waals surface area (Å²) in [5, 5.41) is 3.62. The zero-order valence-electron chi connectivity index (χ0n) is 31.8. The second-order valence-electron chi connectivity index (χ2n) is 13.9. The minimum Gasteiger partial charge on any atom is -0.353 e. The SMILES string of the molecule is CCN(C)S(=O)(=O)Nc1ccc(F)c(C(=O)c2cn(C(c3ccccc3)(c3ccccc3)c3ccccc3)c3ncc(-c4cnc(N5CCNCC5)cn4)cc23)c1F. The number of anilines is 2. The average Bonchev–Trinajstić information content (AvgIpc) is 3.65. The summed E-state index contributed by atoms with van der Waals surface area (Å²) >= 11 is 0. The molecule has 2 N–H and O–H groups in total. The predicted molar refractivity (Wildman–Crippen MR) is 221 cm³/mol. The Bertz CT molecular complexity index is 2600. The van der Waals surface area contributed by atoms with Crippen molar-refractivity contribution < 1.29 is 22.0 Å². The first-order valence-corrected chi connectivity index (χ1v) is 20.3. The van der Waals surface area contributed by atoms with Gasteiger partial charge in [-0.2, -0.15) is 12.7 Å². The first-order chi connectivity index (χ1) is 28.1. The normalized spacial score (nSPS) is 13.6. The molecule has 11 nitrogen and oxygen atoms in total. The van der Waals surface area contributed by atoms with Crippen LogP contribution in [0, 0.1) is 11.6 Å². The molecule has 0 radical (unpaired) electrons. The fourth-order valence-electron chi connectivity index (χ4n) is 7.53. The van der Waals surface area contributed by atoms with Crippen molar-refractivity contribution in [2.75, 3.05) is 49.4 Å². The van der Waals surface area contributed by atoms with E-state index in [9.17, 15) is 13.2 Å². The number of ketones is 1. The van der Waals surface area contributed by atoms with E-state index in [1.54, 1.807) is 37.8 Å². The molecule has 0 unspecified atom stereocenters. The Hall–Kier alpha value is -6.35. The van der Waals surface area contributed by atoms with E-state index in [1.807, 2.05) is 95.6 Å². The molecule has 58 heavy (non-hydrogen) atoms. The molecule has 7 aromatic rings. The highest BCUT2D eigenvalue weighted by atomic mass is 32.2. The number of benzene rings is 4. The summed E-state index contributed by atoms with van der Waals surface area (Å²) in [6.45, 7) is 4.95. The summed E-state index contributed by atoms with van der Waals surface area (Å²) in [5.74, 6) is -2.79. The quantitative estimate of drug-likeness (QED) is 0.102. The van der Waals surface area contributed by atoms with Crippen LogP contribution in [0.4, 0.5) is 20.3 Å². The molecule has 4 aromatic carbocycles. The van der Waals surface area contributed by atoms with Crippen molar-refractivity contribution in [3.8, 4) is 11.3 Å². The Kier molecular flexibility index (Phi) is 10.6. The Balaban J connectivity index is 1.38. The van der Waals surface area contributed by atoms with Crippen molar-refractivity contribution >= 4 is 38.5 Å². The molecule has 14 heteroatoms. The van der Waals surface area contributed by atoms with Crippen molar-refractivity contribution in [3.05, 3.63) is 173 Å². The fourth-order valence-corrected chi connectivity index (χ4v) is 8.46. The maximum absolute atomic E-state index is 16.5. The number of halogens is 2. The molecular formula is C44H40F2N8O3S. The number of rotatable bonds is 12. The van der Waals surface area contributed by atoms with Gasteiger partial charge in [-0.1, -0.05) is 97.9 Å². The number of nitrogens with one attached hydrogen (secondary N) is 2. The first kappa shape index (κ1) is 38.5. The average molecular weight is 799 g/mol. The van der Waals surface area contributed by atoms with E-state index in [-0.39, 0.29) is 17.5 Å². The number of hydrogen-bond donors (Lipinski definition) is 2. The molecule has 8 rings (SSSR count). The van der Waals surface area contributed by atoms with Gasteiger partial charge in [0, 0.05) is 63.1 Å². The van der Waals surface area contributed by atoms with Crippen LogP contribution in [-0.4, -0.2) is 77.8 Å². The summed E-state index contributed by atoms with van der Waals surface area (Å²) in [7, 11) is -2.90. The zero-order chi connectivity index (χ0) is 40.4. The third-order valence-electron chi connectivity index (χ3n) is 10.6. The number of pyridine rings is 1. The molecule has 0 aliphatic carbocycles. The molecule has 1 aliphatic heterocycles. The van der Waals surface area contributed by atoms with Crippen LogP contribution in [-0.2, 0) is 15.7 Å². The third-order valence-corrected chi connectivity index (χ3v) is 12.2. The highest BCUT2D eigenvalue weighted by molar-refractivity contribution is 7.90. The molecule has 294 valence electrons. The van der Waals surface area contributed by atoms with E-state index < -0.39 is 44.4 Å². The highest BCUT2D eigenvalue weighted by Crippen LogP contribution is 2.44. The molecule has 3 aromatic heterocycles. The van der Waals surface area contributed by atoms with Crippen LogP contribution in [0.2, 0.25) is 0 Å². The zero-order valence-corrected chi connectivity index (χ0v) is 32.6. The van der Waals surface area contributed by atoms with Crippen molar-refractivity contribution in [2.24, 2.45) is 0 Å². The smallest absolute Gasteiger partial charge is 0.301 e. The summed E-state index contributed by atoms with van der Waals surface area (Å²) in [4.78, 5) is 31.4. The molecule has 0 saturated carbocycles. The van der Waals surface area contributed by atoms with Crippen molar-refractivity contribution in [1.29, 1.82) is 0 Å². The van der Waals surface area contributed by atoms with Crippen LogP contribution in [0.15, 0.2) is 134 Å². The topological polar surface area (TPSA) is 125 Å². The van der Waals surface area contributed by atoms with E-state index in [0.717, 1.165) is 65.1 Å². The number of aromatic nitrogens is 4. The van der Waals surface area contributed by atoms with Gasteiger partial charge >= 0.3 is 10.2 Å². The van der Waals surface area contributed by atoms with Crippen LogP contribution in [0.1, 0.15) is 39.5 Å². The van der Waals surface area contributed by atoms with Gasteiger partial charge in [-0.25, -0.2) is 18.7 Å². The molecule has 1 fully saturated rings. The molecule has 0 atom stereocenters. The second kappa shape index (κ2) is 15.9. The summed E-state index contributed by atoms with van der Waals surface area (Å²) in [6, 6.07) is 32.8. The number of nitrogens with zero attached hydrogens (tertiary/aromatic N) is 6. The maximum atomic E-state index is 16.5. The summed E-state index contributed by atoms with van der Waals surface area (Å²) in [5.41, 5.74) is 1.13.